The van der Waals surface area contributed by atoms with Crippen molar-refractivity contribution in [1.82, 2.24) is 20.4 Å². The fraction of sp³-hybridized carbons (Fsp3) is 0.952. The summed E-state index contributed by atoms with van der Waals surface area (Å²) in [5.74, 6) is 1.60. The second-order valence-electron chi connectivity index (χ2n) is 8.80. The number of guanidine groups is 1. The maximum Gasteiger partial charge on any atom is 0.191 e. The Morgan fingerprint density at radius 3 is 2.37 bits per heavy atom. The van der Waals surface area contributed by atoms with Crippen molar-refractivity contribution in [3.05, 3.63) is 0 Å². The van der Waals surface area contributed by atoms with Gasteiger partial charge in [-0.1, -0.05) is 26.2 Å². The molecule has 2 saturated heterocycles. The van der Waals surface area contributed by atoms with E-state index in [-0.39, 0.29) is 5.54 Å². The van der Waals surface area contributed by atoms with Crippen molar-refractivity contribution in [2.24, 2.45) is 10.9 Å². The van der Waals surface area contributed by atoms with E-state index in [1.54, 1.807) is 0 Å². The largest absolute Gasteiger partial charge is 0.379 e. The van der Waals surface area contributed by atoms with Gasteiger partial charge in [-0.05, 0) is 44.7 Å². The van der Waals surface area contributed by atoms with Crippen LogP contribution in [0.2, 0.25) is 0 Å². The first kappa shape index (κ1) is 20.9. The number of morpholine rings is 1. The van der Waals surface area contributed by atoms with Gasteiger partial charge in [-0.15, -0.1) is 0 Å². The summed E-state index contributed by atoms with van der Waals surface area (Å²) in [6.45, 7) is 12.0. The van der Waals surface area contributed by atoms with E-state index in [1.165, 1.54) is 64.6 Å². The van der Waals surface area contributed by atoms with Gasteiger partial charge < -0.3 is 20.3 Å². The van der Waals surface area contributed by atoms with E-state index in [1.807, 2.05) is 7.05 Å². The van der Waals surface area contributed by atoms with Gasteiger partial charge in [0, 0.05) is 45.3 Å². The number of aliphatic imine (C=N–C) groups is 1. The van der Waals surface area contributed by atoms with Crippen LogP contribution in [0.5, 0.6) is 0 Å². The van der Waals surface area contributed by atoms with E-state index in [0.717, 1.165) is 45.4 Å². The quantitative estimate of drug-likeness (QED) is 0.523. The lowest BCUT2D eigenvalue weighted by Gasteiger charge is -2.48. The first-order chi connectivity index (χ1) is 13.2. The Balaban J connectivity index is 1.47. The van der Waals surface area contributed by atoms with E-state index in [4.69, 9.17) is 4.74 Å². The van der Waals surface area contributed by atoms with E-state index in [2.05, 4.69) is 32.3 Å². The molecule has 2 aliphatic heterocycles. The monoisotopic (exact) mass is 379 g/mol. The van der Waals surface area contributed by atoms with Crippen LogP contribution in [0.25, 0.3) is 0 Å². The Kier molecular flexibility index (Phi) is 8.22. The molecule has 6 nitrogen and oxygen atoms in total. The molecule has 0 aromatic carbocycles. The zero-order valence-corrected chi connectivity index (χ0v) is 17.6. The molecule has 3 rings (SSSR count). The molecule has 27 heavy (non-hydrogen) atoms. The maximum absolute atomic E-state index is 5.60. The van der Waals surface area contributed by atoms with E-state index in [9.17, 15) is 0 Å². The SMILES string of the molecule is CN=C(NCC(C)CN1CCCC1)NCC1(N2CCOCC2)CCCCC1. The molecule has 0 aromatic heterocycles. The molecule has 0 spiro atoms. The summed E-state index contributed by atoms with van der Waals surface area (Å²) >= 11 is 0. The Hall–Kier alpha value is -0.850. The molecule has 1 aliphatic carbocycles. The van der Waals surface area contributed by atoms with Gasteiger partial charge in [-0.2, -0.15) is 0 Å². The summed E-state index contributed by atoms with van der Waals surface area (Å²) in [5, 5.41) is 7.24. The van der Waals surface area contributed by atoms with Crippen LogP contribution in [-0.2, 0) is 4.74 Å². The predicted octanol–water partition coefficient (Wildman–Crippen LogP) is 1.92. The Bertz CT molecular complexity index is 451. The second-order valence-corrected chi connectivity index (χ2v) is 8.80. The molecule has 1 unspecified atom stereocenters. The lowest BCUT2D eigenvalue weighted by atomic mass is 9.80. The highest BCUT2D eigenvalue weighted by molar-refractivity contribution is 5.79. The first-order valence-corrected chi connectivity index (χ1v) is 11.2. The van der Waals surface area contributed by atoms with Crippen LogP contribution in [0, 0.1) is 5.92 Å². The highest BCUT2D eigenvalue weighted by Crippen LogP contribution is 2.33. The van der Waals surface area contributed by atoms with Crippen LogP contribution in [0.1, 0.15) is 51.9 Å². The van der Waals surface area contributed by atoms with Gasteiger partial charge in [0.2, 0.25) is 0 Å². The summed E-state index contributed by atoms with van der Waals surface area (Å²) in [6, 6.07) is 0. The molecule has 2 N–H and O–H groups in total. The van der Waals surface area contributed by atoms with Gasteiger partial charge in [0.15, 0.2) is 5.96 Å². The fourth-order valence-corrected chi connectivity index (χ4v) is 5.06. The zero-order chi connectivity index (χ0) is 19.0. The molecule has 3 fully saturated rings. The third-order valence-electron chi connectivity index (χ3n) is 6.66. The van der Waals surface area contributed by atoms with Crippen molar-refractivity contribution in [3.8, 4) is 0 Å². The fourth-order valence-electron chi connectivity index (χ4n) is 5.06. The lowest BCUT2D eigenvalue weighted by Crippen LogP contribution is -2.60. The Morgan fingerprint density at radius 1 is 1.00 bits per heavy atom. The molecule has 1 saturated carbocycles. The van der Waals surface area contributed by atoms with Gasteiger partial charge in [-0.3, -0.25) is 9.89 Å². The number of hydrogen-bond acceptors (Lipinski definition) is 4. The van der Waals surface area contributed by atoms with Crippen molar-refractivity contribution in [2.75, 3.05) is 66.1 Å². The van der Waals surface area contributed by atoms with Gasteiger partial charge in [-0.25, -0.2) is 0 Å². The molecule has 0 aromatic rings. The molecule has 156 valence electrons. The first-order valence-electron chi connectivity index (χ1n) is 11.2. The summed E-state index contributed by atoms with van der Waals surface area (Å²) in [5.41, 5.74) is 0.279. The smallest absolute Gasteiger partial charge is 0.191 e. The molecule has 0 radical (unpaired) electrons. The van der Waals surface area contributed by atoms with Gasteiger partial charge in [0.1, 0.15) is 0 Å². The average Bonchev–Trinajstić information content (AvgIpc) is 3.22. The molecule has 1 atom stereocenters. The Morgan fingerprint density at radius 2 is 1.70 bits per heavy atom. The van der Waals surface area contributed by atoms with Crippen LogP contribution in [-0.4, -0.2) is 87.4 Å². The topological polar surface area (TPSA) is 52.1 Å². The summed E-state index contributed by atoms with van der Waals surface area (Å²) < 4.78 is 5.60. The predicted molar refractivity (Wildman–Crippen MR) is 112 cm³/mol. The minimum absolute atomic E-state index is 0.279. The molecule has 6 heteroatoms. The van der Waals surface area contributed by atoms with Gasteiger partial charge >= 0.3 is 0 Å². The average molecular weight is 380 g/mol. The number of likely N-dealkylation sites (tertiary alicyclic amines) is 1. The summed E-state index contributed by atoms with van der Waals surface area (Å²) in [4.78, 5) is 9.77. The third kappa shape index (κ3) is 6.06. The van der Waals surface area contributed by atoms with Crippen molar-refractivity contribution >= 4 is 5.96 Å². The van der Waals surface area contributed by atoms with Crippen LogP contribution in [0.4, 0.5) is 0 Å². The number of nitrogens with one attached hydrogen (secondary N) is 2. The van der Waals surface area contributed by atoms with Crippen LogP contribution in [0.3, 0.4) is 0 Å². The summed E-state index contributed by atoms with van der Waals surface area (Å²) in [7, 11) is 1.89. The van der Waals surface area contributed by atoms with Crippen molar-refractivity contribution < 1.29 is 4.74 Å². The second kappa shape index (κ2) is 10.6. The van der Waals surface area contributed by atoms with Gasteiger partial charge in [0.05, 0.1) is 13.2 Å². The molecular weight excluding hydrogens is 338 g/mol. The standard InChI is InChI=1S/C21H41N5O/c1-19(17-25-10-6-7-11-25)16-23-20(22-2)24-18-21(8-4-3-5-9-21)26-12-14-27-15-13-26/h19H,3-18H2,1-2H3,(H2,22,23,24). The van der Waals surface area contributed by atoms with Gasteiger partial charge in [0.25, 0.3) is 0 Å². The lowest BCUT2D eigenvalue weighted by molar-refractivity contribution is -0.0352. The van der Waals surface area contributed by atoms with Crippen LogP contribution in [0.15, 0.2) is 4.99 Å². The van der Waals surface area contributed by atoms with E-state index < -0.39 is 0 Å². The minimum Gasteiger partial charge on any atom is -0.379 e. The van der Waals surface area contributed by atoms with Crippen LogP contribution < -0.4 is 10.6 Å². The van der Waals surface area contributed by atoms with E-state index in [0.29, 0.717) is 5.92 Å². The zero-order valence-electron chi connectivity index (χ0n) is 17.6. The van der Waals surface area contributed by atoms with Crippen molar-refractivity contribution in [2.45, 2.75) is 57.4 Å². The number of nitrogens with zero attached hydrogens (tertiary/aromatic N) is 3. The van der Waals surface area contributed by atoms with Crippen LogP contribution >= 0.6 is 0 Å². The highest BCUT2D eigenvalue weighted by atomic mass is 16.5. The minimum atomic E-state index is 0.279. The van der Waals surface area contributed by atoms with Crippen molar-refractivity contribution in [1.29, 1.82) is 0 Å². The molecule has 2 heterocycles. The normalized spacial score (nSPS) is 26.1. The molecular formula is C21H41N5O. The Labute approximate surface area is 166 Å². The number of ether oxygens (including phenoxy) is 1. The number of rotatable bonds is 7. The number of hydrogen-bond donors (Lipinski definition) is 2. The highest BCUT2D eigenvalue weighted by Gasteiger charge is 2.38. The third-order valence-corrected chi connectivity index (χ3v) is 6.66. The molecule has 0 amide bonds. The molecule has 3 aliphatic rings. The van der Waals surface area contributed by atoms with E-state index >= 15 is 0 Å². The maximum atomic E-state index is 5.60. The molecule has 0 bridgehead atoms. The van der Waals surface area contributed by atoms with Crippen molar-refractivity contribution in [3.63, 3.8) is 0 Å². The summed E-state index contributed by atoms with van der Waals surface area (Å²) in [6.07, 6.45) is 9.40.